The van der Waals surface area contributed by atoms with Crippen LogP contribution in [0, 0.1) is 5.82 Å². The van der Waals surface area contributed by atoms with E-state index in [0.29, 0.717) is 11.6 Å². The third kappa shape index (κ3) is 7.03. The number of halogens is 1. The van der Waals surface area contributed by atoms with Crippen molar-refractivity contribution < 1.29 is 9.18 Å². The molecule has 2 aromatic carbocycles. The molecule has 0 aliphatic carbocycles. The van der Waals surface area contributed by atoms with Crippen molar-refractivity contribution in [2.45, 2.75) is 12.8 Å². The Morgan fingerprint density at radius 1 is 1.08 bits per heavy atom. The van der Waals surface area contributed by atoms with E-state index in [1.807, 2.05) is 18.2 Å². The third-order valence-corrected chi connectivity index (χ3v) is 3.53. The maximum atomic E-state index is 13.1. The molecule has 0 heterocycles. The fourth-order valence-corrected chi connectivity index (χ4v) is 2.30. The first-order valence-electron chi connectivity index (χ1n) is 8.21. The van der Waals surface area contributed by atoms with Gasteiger partial charge in [-0.15, -0.1) is 0 Å². The van der Waals surface area contributed by atoms with Crippen LogP contribution in [0.25, 0.3) is 0 Å². The van der Waals surface area contributed by atoms with Crippen LogP contribution in [0.15, 0.2) is 59.6 Å². The lowest BCUT2D eigenvalue weighted by atomic mass is 10.1. The molecule has 25 heavy (non-hydrogen) atoms. The van der Waals surface area contributed by atoms with Gasteiger partial charge in [0.25, 0.3) is 0 Å². The molecule has 0 unspecified atom stereocenters. The Morgan fingerprint density at radius 3 is 2.60 bits per heavy atom. The first-order valence-corrected chi connectivity index (χ1v) is 8.21. The van der Waals surface area contributed by atoms with Crippen molar-refractivity contribution >= 4 is 17.6 Å². The highest BCUT2D eigenvalue weighted by Gasteiger charge is 2.05. The Balaban J connectivity index is 1.66. The lowest BCUT2D eigenvalue weighted by molar-refractivity contribution is -0.115. The monoisotopic (exact) mass is 342 g/mol. The summed E-state index contributed by atoms with van der Waals surface area (Å²) in [5.41, 5.74) is 1.72. The number of nitrogens with one attached hydrogen (secondary N) is 3. The van der Waals surface area contributed by atoms with E-state index < -0.39 is 0 Å². The fourth-order valence-electron chi connectivity index (χ4n) is 2.30. The summed E-state index contributed by atoms with van der Waals surface area (Å²) < 4.78 is 13.1. The van der Waals surface area contributed by atoms with E-state index in [9.17, 15) is 9.18 Å². The van der Waals surface area contributed by atoms with E-state index in [1.165, 1.54) is 17.7 Å². The van der Waals surface area contributed by atoms with Gasteiger partial charge in [-0.3, -0.25) is 9.79 Å². The van der Waals surface area contributed by atoms with Crippen molar-refractivity contribution in [3.05, 3.63) is 66.0 Å². The van der Waals surface area contributed by atoms with Crippen LogP contribution < -0.4 is 16.0 Å². The maximum Gasteiger partial charge on any atom is 0.243 e. The number of aliphatic imine (C=N–C) groups is 1. The minimum absolute atomic E-state index is 0.0505. The number of benzene rings is 2. The average Bonchev–Trinajstić information content (AvgIpc) is 2.62. The second-order valence-electron chi connectivity index (χ2n) is 5.50. The lowest BCUT2D eigenvalue weighted by Crippen LogP contribution is -2.41. The molecule has 0 spiro atoms. The molecule has 0 atom stereocenters. The fraction of sp³-hybridized carbons (Fsp3) is 0.263. The number of aryl methyl sites for hydroxylation is 1. The Kier molecular flexibility index (Phi) is 7.43. The number of anilines is 1. The quantitative estimate of drug-likeness (QED) is 0.412. The van der Waals surface area contributed by atoms with Crippen LogP contribution >= 0.6 is 0 Å². The number of rotatable bonds is 7. The molecule has 0 bridgehead atoms. The van der Waals surface area contributed by atoms with Gasteiger partial charge in [0, 0.05) is 19.3 Å². The summed E-state index contributed by atoms with van der Waals surface area (Å²) in [6.07, 6.45) is 1.94. The van der Waals surface area contributed by atoms with Gasteiger partial charge in [0.1, 0.15) is 5.82 Å². The minimum Gasteiger partial charge on any atom is -0.356 e. The highest BCUT2D eigenvalue weighted by molar-refractivity contribution is 5.94. The Labute approximate surface area is 147 Å². The summed E-state index contributed by atoms with van der Waals surface area (Å²) in [4.78, 5) is 16.0. The molecule has 0 aromatic heterocycles. The van der Waals surface area contributed by atoms with Crippen molar-refractivity contribution in [1.29, 1.82) is 0 Å². The highest BCUT2D eigenvalue weighted by Crippen LogP contribution is 2.08. The molecule has 6 heteroatoms. The van der Waals surface area contributed by atoms with E-state index >= 15 is 0 Å². The van der Waals surface area contributed by atoms with Crippen LogP contribution in [0.4, 0.5) is 10.1 Å². The van der Waals surface area contributed by atoms with Gasteiger partial charge < -0.3 is 16.0 Å². The normalized spacial score (nSPS) is 11.0. The molecule has 0 aliphatic heterocycles. The molecule has 0 radical (unpaired) electrons. The smallest absolute Gasteiger partial charge is 0.243 e. The predicted octanol–water partition coefficient (Wildman–Crippen LogP) is 2.56. The zero-order chi connectivity index (χ0) is 17.9. The Hall–Kier alpha value is -2.89. The highest BCUT2D eigenvalue weighted by atomic mass is 19.1. The summed E-state index contributed by atoms with van der Waals surface area (Å²) in [6.45, 7) is 0.801. The number of amides is 1. The maximum absolute atomic E-state index is 13.1. The predicted molar refractivity (Wildman–Crippen MR) is 99.2 cm³/mol. The number of carbonyl (C=O) groups excluding carboxylic acids is 1. The van der Waals surface area contributed by atoms with Crippen molar-refractivity contribution in [2.75, 3.05) is 25.5 Å². The number of nitrogens with zero attached hydrogens (tertiary/aromatic N) is 1. The van der Waals surface area contributed by atoms with E-state index in [0.717, 1.165) is 19.4 Å². The number of hydrogen-bond acceptors (Lipinski definition) is 2. The van der Waals surface area contributed by atoms with Gasteiger partial charge in [0.15, 0.2) is 5.96 Å². The van der Waals surface area contributed by atoms with Gasteiger partial charge in [-0.25, -0.2) is 4.39 Å². The first kappa shape index (κ1) is 18.4. The molecule has 5 nitrogen and oxygen atoms in total. The molecule has 0 fully saturated rings. The summed E-state index contributed by atoms with van der Waals surface area (Å²) in [6, 6.07) is 16.0. The van der Waals surface area contributed by atoms with Crippen molar-refractivity contribution in [2.24, 2.45) is 4.99 Å². The van der Waals surface area contributed by atoms with Crippen LogP contribution in [0.2, 0.25) is 0 Å². The number of hydrogen-bond donors (Lipinski definition) is 3. The second-order valence-corrected chi connectivity index (χ2v) is 5.50. The zero-order valence-electron chi connectivity index (χ0n) is 14.3. The van der Waals surface area contributed by atoms with Crippen LogP contribution in [0.5, 0.6) is 0 Å². The van der Waals surface area contributed by atoms with E-state index in [1.54, 1.807) is 19.2 Å². The van der Waals surface area contributed by atoms with Gasteiger partial charge in [-0.1, -0.05) is 36.4 Å². The van der Waals surface area contributed by atoms with Gasteiger partial charge >= 0.3 is 0 Å². The lowest BCUT2D eigenvalue weighted by Gasteiger charge is -2.12. The van der Waals surface area contributed by atoms with Crippen LogP contribution in [-0.2, 0) is 11.2 Å². The van der Waals surface area contributed by atoms with E-state index in [-0.39, 0.29) is 18.3 Å². The molecular weight excluding hydrogens is 319 g/mol. The number of carbonyl (C=O) groups is 1. The molecule has 2 rings (SSSR count). The average molecular weight is 342 g/mol. The molecule has 3 N–H and O–H groups in total. The summed E-state index contributed by atoms with van der Waals surface area (Å²) in [7, 11) is 1.65. The molecule has 0 aliphatic rings. The zero-order valence-corrected chi connectivity index (χ0v) is 14.3. The van der Waals surface area contributed by atoms with E-state index in [2.05, 4.69) is 33.1 Å². The van der Waals surface area contributed by atoms with Gasteiger partial charge in [-0.05, 0) is 36.6 Å². The first-order chi connectivity index (χ1) is 12.2. The molecule has 132 valence electrons. The van der Waals surface area contributed by atoms with Crippen molar-refractivity contribution in [3.8, 4) is 0 Å². The van der Waals surface area contributed by atoms with Gasteiger partial charge in [-0.2, -0.15) is 0 Å². The van der Waals surface area contributed by atoms with Crippen LogP contribution in [-0.4, -0.2) is 32.0 Å². The third-order valence-electron chi connectivity index (χ3n) is 3.53. The summed E-state index contributed by atoms with van der Waals surface area (Å²) in [5.74, 6) is -0.0954. The molecular formula is C19H23FN4O. The van der Waals surface area contributed by atoms with Crippen molar-refractivity contribution in [1.82, 2.24) is 10.6 Å². The summed E-state index contributed by atoms with van der Waals surface area (Å²) >= 11 is 0. The van der Waals surface area contributed by atoms with Crippen molar-refractivity contribution in [3.63, 3.8) is 0 Å². The SMILES string of the molecule is CN=C(NCCCc1ccccc1)NCC(=O)Nc1cccc(F)c1. The van der Waals surface area contributed by atoms with Crippen LogP contribution in [0.1, 0.15) is 12.0 Å². The second kappa shape index (κ2) is 10.1. The Morgan fingerprint density at radius 2 is 1.88 bits per heavy atom. The van der Waals surface area contributed by atoms with Gasteiger partial charge in [0.05, 0.1) is 6.54 Å². The standard InChI is InChI=1S/C19H23FN4O/c1-21-19(22-12-6-9-15-7-3-2-4-8-15)23-14-18(25)24-17-11-5-10-16(20)13-17/h2-5,7-8,10-11,13H,6,9,12,14H2,1H3,(H,24,25)(H2,21,22,23). The minimum atomic E-state index is -0.387. The Bertz CT molecular complexity index is 704. The van der Waals surface area contributed by atoms with Gasteiger partial charge in [0.2, 0.25) is 5.91 Å². The topological polar surface area (TPSA) is 65.5 Å². The molecule has 1 amide bonds. The molecule has 2 aromatic rings. The molecule has 0 saturated carbocycles. The largest absolute Gasteiger partial charge is 0.356 e. The molecule has 0 saturated heterocycles. The van der Waals surface area contributed by atoms with Crippen LogP contribution in [0.3, 0.4) is 0 Å². The van der Waals surface area contributed by atoms with E-state index in [4.69, 9.17) is 0 Å². The summed E-state index contributed by atoms with van der Waals surface area (Å²) in [5, 5.41) is 8.73. The number of guanidine groups is 1.